The lowest BCUT2D eigenvalue weighted by Gasteiger charge is -2.30. The van der Waals surface area contributed by atoms with Crippen molar-refractivity contribution in [1.82, 2.24) is 15.0 Å². The predicted octanol–water partition coefficient (Wildman–Crippen LogP) is 3.45. The number of carbonyl (C=O) groups is 1. The third-order valence-corrected chi connectivity index (χ3v) is 6.82. The molecular formula is C24H32F2N4O4. The zero-order valence-electron chi connectivity index (χ0n) is 19.9. The molecule has 2 fully saturated rings. The lowest BCUT2D eigenvalue weighted by atomic mass is 9.90. The van der Waals surface area contributed by atoms with E-state index in [4.69, 9.17) is 14.0 Å². The van der Waals surface area contributed by atoms with E-state index in [0.29, 0.717) is 42.8 Å². The van der Waals surface area contributed by atoms with Crippen molar-refractivity contribution in [2.24, 2.45) is 17.8 Å². The highest BCUT2D eigenvalue weighted by Gasteiger charge is 2.43. The van der Waals surface area contributed by atoms with E-state index in [9.17, 15) is 13.6 Å². The van der Waals surface area contributed by atoms with Crippen molar-refractivity contribution in [3.05, 3.63) is 35.2 Å². The summed E-state index contributed by atoms with van der Waals surface area (Å²) < 4.78 is 44.6. The number of methoxy groups -OCH3 is 1. The normalized spacial score (nSPS) is 20.4. The molecule has 2 heterocycles. The number of piperidine rings is 1. The van der Waals surface area contributed by atoms with Crippen LogP contribution in [0.15, 0.2) is 16.7 Å². The summed E-state index contributed by atoms with van der Waals surface area (Å²) in [6, 6.07) is 2.89. The zero-order valence-corrected chi connectivity index (χ0v) is 19.9. The van der Waals surface area contributed by atoms with E-state index in [0.717, 1.165) is 44.5 Å². The number of hydrogen-bond donors (Lipinski definition) is 0. The number of nitrogens with zero attached hydrogens (tertiary/aromatic N) is 4. The molecule has 1 aliphatic heterocycles. The molecule has 1 aliphatic carbocycles. The van der Waals surface area contributed by atoms with E-state index in [2.05, 4.69) is 15.0 Å². The van der Waals surface area contributed by atoms with Crippen LogP contribution in [0.3, 0.4) is 0 Å². The number of hydrogen-bond acceptors (Lipinski definition) is 7. The van der Waals surface area contributed by atoms with Crippen molar-refractivity contribution in [3.63, 3.8) is 0 Å². The number of amides is 1. The third kappa shape index (κ3) is 5.84. The minimum atomic E-state index is -0.753. The summed E-state index contributed by atoms with van der Waals surface area (Å²) in [5.74, 6) is 0.766. The summed E-state index contributed by atoms with van der Waals surface area (Å²) >= 11 is 0. The van der Waals surface area contributed by atoms with Crippen LogP contribution in [-0.4, -0.2) is 61.8 Å². The molecule has 2 aliphatic rings. The fourth-order valence-corrected chi connectivity index (χ4v) is 4.73. The predicted molar refractivity (Wildman–Crippen MR) is 120 cm³/mol. The minimum Gasteiger partial charge on any atom is -0.493 e. The van der Waals surface area contributed by atoms with Crippen molar-refractivity contribution in [2.75, 3.05) is 45.8 Å². The number of halogens is 2. The number of anilines is 1. The molecular weight excluding hydrogens is 446 g/mol. The van der Waals surface area contributed by atoms with E-state index < -0.39 is 11.6 Å². The van der Waals surface area contributed by atoms with Crippen LogP contribution in [0.1, 0.15) is 37.1 Å². The molecule has 0 unspecified atom stereocenters. The van der Waals surface area contributed by atoms with Gasteiger partial charge in [-0.25, -0.2) is 8.78 Å². The van der Waals surface area contributed by atoms with Gasteiger partial charge < -0.3 is 23.8 Å². The molecule has 1 aromatic carbocycles. The lowest BCUT2D eigenvalue weighted by molar-refractivity contribution is -0.128. The molecule has 0 radical (unpaired) electrons. The minimum absolute atomic E-state index is 0.161. The Labute approximate surface area is 198 Å². The highest BCUT2D eigenvalue weighted by atomic mass is 19.1. The second-order valence-corrected chi connectivity index (χ2v) is 9.38. The molecule has 8 nitrogen and oxygen atoms in total. The summed E-state index contributed by atoms with van der Waals surface area (Å²) in [5.41, 5.74) is -0.227. The molecule has 2 aromatic rings. The van der Waals surface area contributed by atoms with Crippen LogP contribution in [0.25, 0.3) is 0 Å². The molecule has 1 amide bonds. The average Bonchev–Trinajstić information content (AvgIpc) is 3.43. The van der Waals surface area contributed by atoms with Gasteiger partial charge in [-0.3, -0.25) is 4.79 Å². The van der Waals surface area contributed by atoms with Gasteiger partial charge in [-0.1, -0.05) is 5.16 Å². The van der Waals surface area contributed by atoms with Gasteiger partial charge in [0.1, 0.15) is 24.0 Å². The topological polar surface area (TPSA) is 80.9 Å². The first-order valence-electron chi connectivity index (χ1n) is 11.7. The van der Waals surface area contributed by atoms with Crippen molar-refractivity contribution in [1.29, 1.82) is 0 Å². The second-order valence-electron chi connectivity index (χ2n) is 9.38. The van der Waals surface area contributed by atoms with E-state index in [1.54, 1.807) is 21.2 Å². The SMILES string of the molecule is COCc1noc(N2CCC([C@@H]3C[C@H]3CCOc3cc(F)c(CC(=O)N(C)C)c(F)c3)CC2)n1. The number of likely N-dealkylation sites (N-methyl/N-ethyl adjacent to an activating group) is 1. The standard InChI is InChI=1S/C24H32F2N4O4/c1-29(2)23(31)13-19-20(25)11-17(12-21(19)26)33-9-6-16-10-18(16)15-4-7-30(8-5-15)24-27-22(14-32-3)28-34-24/h11-12,15-16,18H,4-10,13-14H2,1-3H3/t16-,18+/m1/s1. The molecule has 1 aromatic heterocycles. The number of carbonyl (C=O) groups excluding carboxylic acids is 1. The Hall–Kier alpha value is -2.75. The molecule has 0 bridgehead atoms. The maximum atomic E-state index is 14.3. The maximum absolute atomic E-state index is 14.3. The van der Waals surface area contributed by atoms with Crippen LogP contribution in [0, 0.1) is 29.4 Å². The van der Waals surface area contributed by atoms with Gasteiger partial charge in [0.2, 0.25) is 5.91 Å². The smallest absolute Gasteiger partial charge is 0.324 e. The van der Waals surface area contributed by atoms with Gasteiger partial charge in [-0.15, -0.1) is 0 Å². The average molecular weight is 479 g/mol. The van der Waals surface area contributed by atoms with Crippen LogP contribution in [0.4, 0.5) is 14.8 Å². The molecule has 1 saturated heterocycles. The highest BCUT2D eigenvalue weighted by Crippen LogP contribution is 2.50. The second kappa shape index (κ2) is 10.7. The fourth-order valence-electron chi connectivity index (χ4n) is 4.73. The first-order chi connectivity index (χ1) is 16.4. The van der Waals surface area contributed by atoms with Crippen molar-refractivity contribution >= 4 is 11.9 Å². The molecule has 186 valence electrons. The summed E-state index contributed by atoms with van der Waals surface area (Å²) in [6.45, 7) is 2.53. The van der Waals surface area contributed by atoms with Gasteiger partial charge in [-0.2, -0.15) is 4.98 Å². The summed E-state index contributed by atoms with van der Waals surface area (Å²) in [5, 5.41) is 3.92. The quantitative estimate of drug-likeness (QED) is 0.517. The molecule has 1 saturated carbocycles. The van der Waals surface area contributed by atoms with Gasteiger partial charge in [0, 0.05) is 52.0 Å². The molecule has 10 heteroatoms. The lowest BCUT2D eigenvalue weighted by Crippen LogP contribution is -2.34. The Morgan fingerprint density at radius 1 is 1.24 bits per heavy atom. The van der Waals surface area contributed by atoms with Crippen molar-refractivity contribution in [3.8, 4) is 5.75 Å². The molecule has 4 rings (SSSR count). The van der Waals surface area contributed by atoms with E-state index in [-0.39, 0.29) is 23.6 Å². The molecule has 34 heavy (non-hydrogen) atoms. The fraction of sp³-hybridized carbons (Fsp3) is 0.625. The maximum Gasteiger partial charge on any atom is 0.324 e. The van der Waals surface area contributed by atoms with Crippen molar-refractivity contribution < 1.29 is 27.6 Å². The number of benzene rings is 1. The van der Waals surface area contributed by atoms with Gasteiger partial charge >= 0.3 is 6.01 Å². The number of rotatable bonds is 10. The van der Waals surface area contributed by atoms with Crippen LogP contribution in [-0.2, 0) is 22.6 Å². The molecule has 0 spiro atoms. The number of ether oxygens (including phenoxy) is 2. The first kappa shape index (κ1) is 24.4. The van der Waals surface area contributed by atoms with E-state index >= 15 is 0 Å². The van der Waals surface area contributed by atoms with E-state index in [1.807, 2.05) is 0 Å². The van der Waals surface area contributed by atoms with Crippen molar-refractivity contribution in [2.45, 2.75) is 38.7 Å². The molecule has 2 atom stereocenters. The van der Waals surface area contributed by atoms with Crippen LogP contribution >= 0.6 is 0 Å². The Bertz CT molecular complexity index is 968. The van der Waals surface area contributed by atoms with Gasteiger partial charge in [-0.05, 0) is 43.4 Å². The Balaban J connectivity index is 1.19. The monoisotopic (exact) mass is 478 g/mol. The third-order valence-electron chi connectivity index (χ3n) is 6.82. The first-order valence-corrected chi connectivity index (χ1v) is 11.7. The van der Waals surface area contributed by atoms with Crippen LogP contribution in [0.2, 0.25) is 0 Å². The van der Waals surface area contributed by atoms with E-state index in [1.165, 1.54) is 11.3 Å². The van der Waals surface area contributed by atoms with Gasteiger partial charge in [0.25, 0.3) is 0 Å². The Morgan fingerprint density at radius 3 is 2.59 bits per heavy atom. The van der Waals surface area contributed by atoms with Gasteiger partial charge in [0.15, 0.2) is 5.82 Å². The highest BCUT2D eigenvalue weighted by molar-refractivity contribution is 5.78. The zero-order chi connectivity index (χ0) is 24.2. The molecule has 0 N–H and O–H groups in total. The Morgan fingerprint density at radius 2 is 1.94 bits per heavy atom. The van der Waals surface area contributed by atoms with Crippen LogP contribution < -0.4 is 9.64 Å². The Kier molecular flexibility index (Phi) is 7.65. The number of aromatic nitrogens is 2. The van der Waals surface area contributed by atoms with Gasteiger partial charge in [0.05, 0.1) is 13.0 Å². The summed E-state index contributed by atoms with van der Waals surface area (Å²) in [6.07, 6.45) is 3.87. The summed E-state index contributed by atoms with van der Waals surface area (Å²) in [4.78, 5) is 19.6. The summed E-state index contributed by atoms with van der Waals surface area (Å²) in [7, 11) is 4.70. The van der Waals surface area contributed by atoms with Crippen LogP contribution in [0.5, 0.6) is 5.75 Å². The largest absolute Gasteiger partial charge is 0.493 e.